The number of hydrogen-bond acceptors (Lipinski definition) is 5. The SMILES string of the molecule is CCN(CC)Cc1c(O)cc(C)c2c1O/C(=C\c1cn(CC)c3ccc(OC)cc13)C2=O. The average Bonchev–Trinajstić information content (AvgIpc) is 3.31. The Kier molecular flexibility index (Phi) is 5.98. The molecule has 0 bridgehead atoms. The van der Waals surface area contributed by atoms with E-state index in [0.717, 1.165) is 41.9 Å². The third-order valence-corrected chi connectivity index (χ3v) is 6.24. The molecule has 168 valence electrons. The van der Waals surface area contributed by atoms with Crippen molar-refractivity contribution in [3.8, 4) is 17.2 Å². The molecule has 6 nitrogen and oxygen atoms in total. The molecule has 1 N–H and O–H groups in total. The lowest BCUT2D eigenvalue weighted by molar-refractivity contribution is 0.101. The molecule has 0 saturated carbocycles. The molecule has 0 radical (unpaired) electrons. The van der Waals surface area contributed by atoms with E-state index in [2.05, 4.69) is 30.2 Å². The summed E-state index contributed by atoms with van der Waals surface area (Å²) in [5.74, 6) is 1.51. The van der Waals surface area contributed by atoms with Gasteiger partial charge in [0.15, 0.2) is 5.76 Å². The lowest BCUT2D eigenvalue weighted by Crippen LogP contribution is -2.22. The summed E-state index contributed by atoms with van der Waals surface area (Å²) < 4.78 is 13.7. The van der Waals surface area contributed by atoms with E-state index in [1.165, 1.54) is 0 Å². The topological polar surface area (TPSA) is 63.9 Å². The van der Waals surface area contributed by atoms with Crippen LogP contribution in [-0.2, 0) is 13.1 Å². The highest BCUT2D eigenvalue weighted by Gasteiger charge is 2.33. The first kappa shape index (κ1) is 22.0. The number of rotatable bonds is 7. The highest BCUT2D eigenvalue weighted by Crippen LogP contribution is 2.42. The number of phenolic OH excluding ortho intramolecular Hbond substituents is 1. The number of carbonyl (C=O) groups is 1. The number of benzene rings is 2. The van der Waals surface area contributed by atoms with E-state index in [0.29, 0.717) is 29.0 Å². The minimum atomic E-state index is -0.154. The number of phenols is 1. The highest BCUT2D eigenvalue weighted by molar-refractivity contribution is 6.16. The van der Waals surface area contributed by atoms with Crippen LogP contribution in [0.3, 0.4) is 0 Å². The second kappa shape index (κ2) is 8.71. The summed E-state index contributed by atoms with van der Waals surface area (Å²) in [5, 5.41) is 11.6. The fraction of sp³-hybridized carbons (Fsp3) is 0.346. The molecular weight excluding hydrogens is 404 g/mol. The van der Waals surface area contributed by atoms with Gasteiger partial charge in [-0.05, 0) is 62.8 Å². The molecule has 0 atom stereocenters. The summed E-state index contributed by atoms with van der Waals surface area (Å²) in [7, 11) is 1.64. The van der Waals surface area contributed by atoms with Gasteiger partial charge in [0.1, 0.15) is 17.2 Å². The highest BCUT2D eigenvalue weighted by atomic mass is 16.5. The lowest BCUT2D eigenvalue weighted by atomic mass is 9.99. The zero-order chi connectivity index (χ0) is 23.0. The number of hydrogen-bond donors (Lipinski definition) is 1. The Balaban J connectivity index is 1.81. The molecule has 0 fully saturated rings. The number of Topliss-reactive ketones (excluding diaryl/α,β-unsaturated/α-hetero) is 1. The second-order valence-corrected chi connectivity index (χ2v) is 8.05. The Hall–Kier alpha value is -3.25. The van der Waals surface area contributed by atoms with E-state index in [9.17, 15) is 9.90 Å². The molecule has 0 spiro atoms. The summed E-state index contributed by atoms with van der Waals surface area (Å²) in [5.41, 5.74) is 3.87. The van der Waals surface area contributed by atoms with Gasteiger partial charge in [-0.15, -0.1) is 0 Å². The summed E-state index contributed by atoms with van der Waals surface area (Å²) in [4.78, 5) is 15.5. The summed E-state index contributed by atoms with van der Waals surface area (Å²) in [6.07, 6.45) is 3.83. The number of aromatic hydroxyl groups is 1. The number of carbonyl (C=O) groups excluding carboxylic acids is 1. The maximum absolute atomic E-state index is 13.3. The van der Waals surface area contributed by atoms with Crippen LogP contribution in [-0.4, -0.2) is 40.6 Å². The van der Waals surface area contributed by atoms with Gasteiger partial charge >= 0.3 is 0 Å². The minimum absolute atomic E-state index is 0.154. The average molecular weight is 435 g/mol. The number of aromatic nitrogens is 1. The molecule has 2 heterocycles. The third-order valence-electron chi connectivity index (χ3n) is 6.24. The Labute approximate surface area is 188 Å². The molecule has 6 heteroatoms. The van der Waals surface area contributed by atoms with E-state index in [1.807, 2.05) is 31.3 Å². The molecule has 3 aromatic rings. The van der Waals surface area contributed by atoms with Crippen LogP contribution in [0.1, 0.15) is 47.8 Å². The van der Waals surface area contributed by atoms with Crippen molar-refractivity contribution < 1.29 is 19.4 Å². The molecule has 2 aromatic carbocycles. The number of aryl methyl sites for hydroxylation is 2. The maximum atomic E-state index is 13.3. The van der Waals surface area contributed by atoms with Crippen LogP contribution in [0.2, 0.25) is 0 Å². The summed E-state index contributed by atoms with van der Waals surface area (Å²) >= 11 is 0. The van der Waals surface area contributed by atoms with Gasteiger partial charge in [0, 0.05) is 35.8 Å². The smallest absolute Gasteiger partial charge is 0.232 e. The van der Waals surface area contributed by atoms with Gasteiger partial charge in [0.25, 0.3) is 0 Å². The van der Waals surface area contributed by atoms with Gasteiger partial charge in [-0.25, -0.2) is 0 Å². The van der Waals surface area contributed by atoms with E-state index in [-0.39, 0.29) is 17.3 Å². The zero-order valence-electron chi connectivity index (χ0n) is 19.4. The summed E-state index contributed by atoms with van der Waals surface area (Å²) in [6.45, 7) is 11.1. The largest absolute Gasteiger partial charge is 0.507 e. The van der Waals surface area contributed by atoms with Gasteiger partial charge < -0.3 is 19.1 Å². The van der Waals surface area contributed by atoms with Crippen LogP contribution in [0, 0.1) is 6.92 Å². The first-order valence-corrected chi connectivity index (χ1v) is 11.1. The van der Waals surface area contributed by atoms with Crippen molar-refractivity contribution in [3.63, 3.8) is 0 Å². The van der Waals surface area contributed by atoms with Gasteiger partial charge in [-0.3, -0.25) is 9.69 Å². The van der Waals surface area contributed by atoms with E-state index >= 15 is 0 Å². The maximum Gasteiger partial charge on any atom is 0.232 e. The van der Waals surface area contributed by atoms with Crippen molar-refractivity contribution in [2.45, 2.75) is 40.8 Å². The predicted molar refractivity (Wildman–Crippen MR) is 127 cm³/mol. The second-order valence-electron chi connectivity index (χ2n) is 8.05. The normalized spacial score (nSPS) is 14.4. The molecule has 1 aromatic heterocycles. The van der Waals surface area contributed by atoms with Crippen LogP contribution in [0.15, 0.2) is 36.2 Å². The molecule has 32 heavy (non-hydrogen) atoms. The predicted octanol–water partition coefficient (Wildman–Crippen LogP) is 5.14. The lowest BCUT2D eigenvalue weighted by Gasteiger charge is -2.20. The zero-order valence-corrected chi connectivity index (χ0v) is 19.4. The van der Waals surface area contributed by atoms with Crippen LogP contribution >= 0.6 is 0 Å². The van der Waals surface area contributed by atoms with Crippen molar-refractivity contribution in [2.24, 2.45) is 0 Å². The molecular formula is C26H30N2O4. The monoisotopic (exact) mass is 434 g/mol. The van der Waals surface area contributed by atoms with Crippen LogP contribution in [0.4, 0.5) is 0 Å². The molecule has 0 aliphatic carbocycles. The fourth-order valence-corrected chi connectivity index (χ4v) is 4.35. The Morgan fingerprint density at radius 1 is 1.19 bits per heavy atom. The fourth-order valence-electron chi connectivity index (χ4n) is 4.35. The van der Waals surface area contributed by atoms with Crippen molar-refractivity contribution >= 4 is 22.8 Å². The number of fused-ring (bicyclic) bond motifs is 2. The number of ether oxygens (including phenoxy) is 2. The third kappa shape index (κ3) is 3.65. The number of allylic oxidation sites excluding steroid dienone is 1. The van der Waals surface area contributed by atoms with E-state index in [1.54, 1.807) is 19.3 Å². The Morgan fingerprint density at radius 3 is 2.59 bits per heavy atom. The number of nitrogens with zero attached hydrogens (tertiary/aromatic N) is 2. The Morgan fingerprint density at radius 2 is 1.94 bits per heavy atom. The van der Waals surface area contributed by atoms with Gasteiger partial charge in [0.2, 0.25) is 5.78 Å². The minimum Gasteiger partial charge on any atom is -0.507 e. The van der Waals surface area contributed by atoms with Crippen molar-refractivity contribution in [3.05, 3.63) is 58.5 Å². The number of ketones is 1. The van der Waals surface area contributed by atoms with Crippen molar-refractivity contribution in [1.29, 1.82) is 0 Å². The van der Waals surface area contributed by atoms with Crippen LogP contribution in [0.5, 0.6) is 17.2 Å². The molecule has 0 amide bonds. The first-order chi connectivity index (χ1) is 15.4. The first-order valence-electron chi connectivity index (χ1n) is 11.1. The standard InChI is InChI=1S/C26H30N2O4/c1-6-27(7-2)15-20-22(29)11-16(4)24-25(30)23(32-26(20)24)12-17-14-28(8-3)21-10-9-18(31-5)13-19(17)21/h9-14,29H,6-8,15H2,1-5H3/b23-12-. The quantitative estimate of drug-likeness (QED) is 0.522. The van der Waals surface area contributed by atoms with E-state index in [4.69, 9.17) is 9.47 Å². The summed E-state index contributed by atoms with van der Waals surface area (Å²) in [6, 6.07) is 7.60. The Bertz CT molecular complexity index is 1220. The van der Waals surface area contributed by atoms with Crippen LogP contribution in [0.25, 0.3) is 17.0 Å². The van der Waals surface area contributed by atoms with Gasteiger partial charge in [0.05, 0.1) is 18.2 Å². The number of methoxy groups -OCH3 is 1. The van der Waals surface area contributed by atoms with Gasteiger partial charge in [-0.2, -0.15) is 0 Å². The van der Waals surface area contributed by atoms with Crippen molar-refractivity contribution in [2.75, 3.05) is 20.2 Å². The molecule has 1 aliphatic rings. The van der Waals surface area contributed by atoms with Crippen molar-refractivity contribution in [1.82, 2.24) is 9.47 Å². The molecule has 0 saturated heterocycles. The molecule has 4 rings (SSSR count). The van der Waals surface area contributed by atoms with Gasteiger partial charge in [-0.1, -0.05) is 13.8 Å². The molecule has 1 aliphatic heterocycles. The van der Waals surface area contributed by atoms with Crippen LogP contribution < -0.4 is 9.47 Å². The van der Waals surface area contributed by atoms with E-state index < -0.39 is 0 Å². The molecule has 0 unspecified atom stereocenters.